The predicted octanol–water partition coefficient (Wildman–Crippen LogP) is 5.94. The van der Waals surface area contributed by atoms with Gasteiger partial charge in [0.15, 0.2) is 0 Å². The lowest BCUT2D eigenvalue weighted by molar-refractivity contribution is 0.624. The third-order valence-corrected chi connectivity index (χ3v) is 4.09. The Morgan fingerprint density at radius 3 is 2.62 bits per heavy atom. The number of rotatable bonds is 3. The summed E-state index contributed by atoms with van der Waals surface area (Å²) < 4.78 is 14.4. The zero-order chi connectivity index (χ0) is 15.6. The lowest BCUT2D eigenvalue weighted by Crippen LogP contribution is -2.09. The lowest BCUT2D eigenvalue weighted by Gasteiger charge is -2.18. The van der Waals surface area contributed by atoms with Crippen molar-refractivity contribution in [2.75, 3.05) is 5.32 Å². The number of halogens is 4. The molecule has 0 saturated heterocycles. The van der Waals surface area contributed by atoms with E-state index in [4.69, 9.17) is 28.5 Å². The maximum absolute atomic E-state index is 13.6. The molecule has 2 aromatic rings. The summed E-state index contributed by atoms with van der Waals surface area (Å²) in [5, 5.41) is 12.6. The van der Waals surface area contributed by atoms with Gasteiger partial charge in [-0.1, -0.05) is 39.1 Å². The number of hydrogen-bond acceptors (Lipinski definition) is 2. The first kappa shape index (κ1) is 16.1. The van der Waals surface area contributed by atoms with Gasteiger partial charge in [0.05, 0.1) is 22.3 Å². The molecule has 6 heteroatoms. The van der Waals surface area contributed by atoms with E-state index < -0.39 is 5.82 Å². The van der Waals surface area contributed by atoms with Gasteiger partial charge >= 0.3 is 0 Å². The second-order valence-corrected chi connectivity index (χ2v) is 6.19. The quantitative estimate of drug-likeness (QED) is 0.661. The summed E-state index contributed by atoms with van der Waals surface area (Å²) in [5.41, 5.74) is 1.71. The second kappa shape index (κ2) is 6.65. The van der Waals surface area contributed by atoms with Gasteiger partial charge in [0, 0.05) is 9.50 Å². The molecule has 0 fully saturated rings. The molecule has 108 valence electrons. The van der Waals surface area contributed by atoms with Crippen molar-refractivity contribution in [2.24, 2.45) is 0 Å². The van der Waals surface area contributed by atoms with Crippen molar-refractivity contribution in [2.45, 2.75) is 13.0 Å². The summed E-state index contributed by atoms with van der Waals surface area (Å²) in [6.45, 7) is 1.83. The van der Waals surface area contributed by atoms with Gasteiger partial charge in [-0.2, -0.15) is 5.26 Å². The van der Waals surface area contributed by atoms with E-state index in [1.165, 1.54) is 12.1 Å². The molecule has 21 heavy (non-hydrogen) atoms. The minimum Gasteiger partial charge on any atom is -0.377 e. The zero-order valence-corrected chi connectivity index (χ0v) is 14.0. The van der Waals surface area contributed by atoms with Crippen molar-refractivity contribution in [3.8, 4) is 6.07 Å². The fourth-order valence-electron chi connectivity index (χ4n) is 1.91. The predicted molar refractivity (Wildman–Crippen MR) is 87.3 cm³/mol. The van der Waals surface area contributed by atoms with Crippen LogP contribution in [0.25, 0.3) is 0 Å². The first-order valence-corrected chi connectivity index (χ1v) is 7.58. The molecule has 0 heterocycles. The standard InChI is InChI=1S/C15H10BrCl2FN2/c1-8(11-5-14(19)13(18)6-12(11)17)21-15-4-10(16)3-2-9(15)7-20/h2-6,8,21H,1H3. The van der Waals surface area contributed by atoms with E-state index in [-0.39, 0.29) is 11.1 Å². The fourth-order valence-corrected chi connectivity index (χ4v) is 2.82. The van der Waals surface area contributed by atoms with Crippen LogP contribution in [-0.4, -0.2) is 0 Å². The summed E-state index contributed by atoms with van der Waals surface area (Å²) in [5.74, 6) is -0.528. The Hall–Kier alpha value is -1.28. The second-order valence-electron chi connectivity index (χ2n) is 4.46. The van der Waals surface area contributed by atoms with Gasteiger partial charge in [-0.3, -0.25) is 0 Å². The number of anilines is 1. The summed E-state index contributed by atoms with van der Waals surface area (Å²) in [7, 11) is 0. The average molecular weight is 388 g/mol. The van der Waals surface area contributed by atoms with Crippen LogP contribution in [0.4, 0.5) is 10.1 Å². The summed E-state index contributed by atoms with van der Waals surface area (Å²) in [4.78, 5) is 0. The van der Waals surface area contributed by atoms with Gasteiger partial charge in [0.1, 0.15) is 11.9 Å². The summed E-state index contributed by atoms with van der Waals surface area (Å²) >= 11 is 15.1. The van der Waals surface area contributed by atoms with Crippen molar-refractivity contribution in [1.82, 2.24) is 0 Å². The third kappa shape index (κ3) is 3.68. The molecular weight excluding hydrogens is 378 g/mol. The van der Waals surface area contributed by atoms with Crippen LogP contribution in [0.5, 0.6) is 0 Å². The van der Waals surface area contributed by atoms with E-state index in [2.05, 4.69) is 27.3 Å². The molecular formula is C15H10BrCl2FN2. The number of nitrogens with one attached hydrogen (secondary N) is 1. The van der Waals surface area contributed by atoms with Gasteiger partial charge < -0.3 is 5.32 Å². The molecule has 1 unspecified atom stereocenters. The Labute approximate surface area is 140 Å². The summed E-state index contributed by atoms with van der Waals surface area (Å²) in [6.07, 6.45) is 0. The number of nitriles is 1. The van der Waals surface area contributed by atoms with Crippen molar-refractivity contribution in [3.05, 3.63) is 61.8 Å². The van der Waals surface area contributed by atoms with Crippen LogP contribution in [0.15, 0.2) is 34.8 Å². The maximum atomic E-state index is 13.6. The monoisotopic (exact) mass is 386 g/mol. The minimum absolute atomic E-state index is 0.0175. The molecule has 0 aliphatic heterocycles. The molecule has 0 amide bonds. The number of benzene rings is 2. The van der Waals surface area contributed by atoms with Crippen molar-refractivity contribution >= 4 is 44.8 Å². The smallest absolute Gasteiger partial charge is 0.142 e. The Morgan fingerprint density at radius 1 is 1.24 bits per heavy atom. The fraction of sp³-hybridized carbons (Fsp3) is 0.133. The van der Waals surface area contributed by atoms with Crippen LogP contribution < -0.4 is 5.32 Å². The molecule has 2 aromatic carbocycles. The Kier molecular flexibility index (Phi) is 5.10. The largest absolute Gasteiger partial charge is 0.377 e. The van der Waals surface area contributed by atoms with Gasteiger partial charge in [-0.25, -0.2) is 4.39 Å². The normalized spacial score (nSPS) is 11.8. The molecule has 0 saturated carbocycles. The Bertz CT molecular complexity index is 728. The number of hydrogen-bond donors (Lipinski definition) is 1. The zero-order valence-electron chi connectivity index (χ0n) is 10.9. The first-order valence-electron chi connectivity index (χ1n) is 6.03. The Balaban J connectivity index is 2.35. The molecule has 1 N–H and O–H groups in total. The van der Waals surface area contributed by atoms with E-state index in [9.17, 15) is 4.39 Å². The molecule has 0 radical (unpaired) electrons. The van der Waals surface area contributed by atoms with E-state index in [0.29, 0.717) is 21.8 Å². The van der Waals surface area contributed by atoms with Crippen LogP contribution in [0.1, 0.15) is 24.1 Å². The van der Waals surface area contributed by atoms with E-state index in [0.717, 1.165) is 4.47 Å². The number of nitrogens with zero attached hydrogens (tertiary/aromatic N) is 1. The molecule has 0 aliphatic rings. The van der Waals surface area contributed by atoms with Gasteiger partial charge in [-0.05, 0) is 42.8 Å². The Morgan fingerprint density at radius 2 is 1.95 bits per heavy atom. The highest BCUT2D eigenvalue weighted by Crippen LogP contribution is 2.31. The molecule has 0 bridgehead atoms. The average Bonchev–Trinajstić information content (AvgIpc) is 2.43. The molecule has 2 nitrogen and oxygen atoms in total. The van der Waals surface area contributed by atoms with Gasteiger partial charge in [0.2, 0.25) is 0 Å². The van der Waals surface area contributed by atoms with Crippen LogP contribution in [0.2, 0.25) is 10.0 Å². The molecule has 0 spiro atoms. The topological polar surface area (TPSA) is 35.8 Å². The van der Waals surface area contributed by atoms with E-state index >= 15 is 0 Å². The highest BCUT2D eigenvalue weighted by Gasteiger charge is 2.15. The molecule has 1 atom stereocenters. The third-order valence-electron chi connectivity index (χ3n) is 2.98. The van der Waals surface area contributed by atoms with Crippen LogP contribution >= 0.6 is 39.1 Å². The minimum atomic E-state index is -0.528. The highest BCUT2D eigenvalue weighted by atomic mass is 79.9. The summed E-state index contributed by atoms with van der Waals surface area (Å²) in [6, 6.07) is 9.75. The highest BCUT2D eigenvalue weighted by molar-refractivity contribution is 9.10. The van der Waals surface area contributed by atoms with Crippen molar-refractivity contribution < 1.29 is 4.39 Å². The molecule has 0 aliphatic carbocycles. The van der Waals surface area contributed by atoms with Crippen LogP contribution in [0.3, 0.4) is 0 Å². The first-order chi connectivity index (χ1) is 9.92. The van der Waals surface area contributed by atoms with Gasteiger partial charge in [-0.15, -0.1) is 0 Å². The van der Waals surface area contributed by atoms with Gasteiger partial charge in [0.25, 0.3) is 0 Å². The SMILES string of the molecule is CC(Nc1cc(Br)ccc1C#N)c1cc(F)c(Cl)cc1Cl. The van der Waals surface area contributed by atoms with Crippen LogP contribution in [-0.2, 0) is 0 Å². The van der Waals surface area contributed by atoms with E-state index in [1.54, 1.807) is 18.2 Å². The lowest BCUT2D eigenvalue weighted by atomic mass is 10.1. The van der Waals surface area contributed by atoms with E-state index in [1.807, 2.05) is 6.92 Å². The molecule has 0 aromatic heterocycles. The van der Waals surface area contributed by atoms with Crippen molar-refractivity contribution in [1.29, 1.82) is 5.26 Å². The van der Waals surface area contributed by atoms with Crippen LogP contribution in [0, 0.1) is 17.1 Å². The molecule has 2 rings (SSSR count). The van der Waals surface area contributed by atoms with Crippen molar-refractivity contribution in [3.63, 3.8) is 0 Å². The maximum Gasteiger partial charge on any atom is 0.142 e.